The zero-order valence-corrected chi connectivity index (χ0v) is 13.7. The molecule has 0 aliphatic heterocycles. The van der Waals surface area contributed by atoms with E-state index in [9.17, 15) is 9.90 Å². The predicted octanol–water partition coefficient (Wildman–Crippen LogP) is 3.30. The van der Waals surface area contributed by atoms with Crippen molar-refractivity contribution in [2.24, 2.45) is 0 Å². The van der Waals surface area contributed by atoms with Crippen molar-refractivity contribution in [3.05, 3.63) is 77.2 Å². The lowest BCUT2D eigenvalue weighted by atomic mass is 9.93. The normalized spacial score (nSPS) is 12.1. The van der Waals surface area contributed by atoms with Crippen molar-refractivity contribution in [2.45, 2.75) is 26.2 Å². The molecular weight excluding hydrogens is 302 g/mol. The number of aromatic nitrogens is 3. The number of hydrogen-bond donors (Lipinski definition) is 1. The SMILES string of the molecule is Cc1cccc(C(Cc2cc(C)nn2-c2ccccn2)C(=O)O)c1. The lowest BCUT2D eigenvalue weighted by molar-refractivity contribution is -0.138. The Labute approximate surface area is 140 Å². The highest BCUT2D eigenvalue weighted by molar-refractivity contribution is 5.76. The first kappa shape index (κ1) is 15.9. The number of aryl methyl sites for hydroxylation is 2. The molecule has 0 aliphatic carbocycles. The molecule has 0 saturated carbocycles. The van der Waals surface area contributed by atoms with Crippen molar-refractivity contribution in [3.63, 3.8) is 0 Å². The summed E-state index contributed by atoms with van der Waals surface area (Å²) in [5.74, 6) is -0.774. The average Bonchev–Trinajstić information content (AvgIpc) is 2.94. The minimum Gasteiger partial charge on any atom is -0.481 e. The zero-order valence-electron chi connectivity index (χ0n) is 13.7. The first-order valence-corrected chi connectivity index (χ1v) is 7.81. The number of hydrogen-bond acceptors (Lipinski definition) is 3. The molecule has 1 aromatic carbocycles. The number of rotatable bonds is 5. The number of carboxylic acids is 1. The Morgan fingerprint density at radius 1 is 1.17 bits per heavy atom. The molecule has 5 nitrogen and oxygen atoms in total. The zero-order chi connectivity index (χ0) is 17.1. The molecule has 122 valence electrons. The minimum atomic E-state index is -0.841. The van der Waals surface area contributed by atoms with Crippen molar-refractivity contribution >= 4 is 5.97 Å². The van der Waals surface area contributed by atoms with Crippen LogP contribution in [0.5, 0.6) is 0 Å². The number of benzene rings is 1. The molecule has 0 saturated heterocycles. The Morgan fingerprint density at radius 2 is 2.00 bits per heavy atom. The van der Waals surface area contributed by atoms with Gasteiger partial charge in [-0.05, 0) is 37.6 Å². The molecule has 2 aromatic heterocycles. The first-order chi connectivity index (χ1) is 11.5. The molecule has 2 heterocycles. The standard InChI is InChI=1S/C19H19N3O2/c1-13-6-5-7-15(10-13)17(19(23)24)12-16-11-14(2)21-22(16)18-8-3-4-9-20-18/h3-11,17H,12H2,1-2H3,(H,23,24). The second-order valence-electron chi connectivity index (χ2n) is 5.89. The Morgan fingerprint density at radius 3 is 2.67 bits per heavy atom. The van der Waals surface area contributed by atoms with Gasteiger partial charge in [0.15, 0.2) is 5.82 Å². The Balaban J connectivity index is 1.98. The van der Waals surface area contributed by atoms with Crippen molar-refractivity contribution in [3.8, 4) is 5.82 Å². The Bertz CT molecular complexity index is 856. The van der Waals surface area contributed by atoms with Gasteiger partial charge in [0.2, 0.25) is 0 Å². The van der Waals surface area contributed by atoms with Crippen molar-refractivity contribution in [1.29, 1.82) is 0 Å². The number of carbonyl (C=O) groups is 1. The number of carboxylic acid groups (broad SMARTS) is 1. The summed E-state index contributed by atoms with van der Waals surface area (Å²) < 4.78 is 1.72. The third kappa shape index (κ3) is 3.35. The fourth-order valence-electron chi connectivity index (χ4n) is 2.82. The molecule has 0 spiro atoms. The van der Waals surface area contributed by atoms with Gasteiger partial charge in [-0.25, -0.2) is 9.67 Å². The van der Waals surface area contributed by atoms with Crippen LogP contribution in [0.15, 0.2) is 54.7 Å². The van der Waals surface area contributed by atoms with E-state index in [1.807, 2.05) is 62.4 Å². The summed E-state index contributed by atoms with van der Waals surface area (Å²) in [7, 11) is 0. The van der Waals surface area contributed by atoms with Crippen LogP contribution in [-0.2, 0) is 11.2 Å². The van der Waals surface area contributed by atoms with E-state index in [1.54, 1.807) is 10.9 Å². The highest BCUT2D eigenvalue weighted by Crippen LogP contribution is 2.24. The Kier molecular flexibility index (Phi) is 4.42. The maximum Gasteiger partial charge on any atom is 0.311 e. The maximum absolute atomic E-state index is 11.8. The van der Waals surface area contributed by atoms with E-state index >= 15 is 0 Å². The van der Waals surface area contributed by atoms with Crippen molar-refractivity contribution < 1.29 is 9.90 Å². The van der Waals surface area contributed by atoms with Crippen molar-refractivity contribution in [2.75, 3.05) is 0 Å². The summed E-state index contributed by atoms with van der Waals surface area (Å²) in [5.41, 5.74) is 3.52. The van der Waals surface area contributed by atoms with Crippen LogP contribution < -0.4 is 0 Å². The molecule has 0 aliphatic rings. The lowest BCUT2D eigenvalue weighted by Gasteiger charge is -2.14. The second kappa shape index (κ2) is 6.66. The van der Waals surface area contributed by atoms with Gasteiger partial charge < -0.3 is 5.11 Å². The van der Waals surface area contributed by atoms with Crippen LogP contribution in [0.1, 0.15) is 28.4 Å². The fourth-order valence-corrected chi connectivity index (χ4v) is 2.82. The molecule has 1 atom stereocenters. The minimum absolute atomic E-state index is 0.357. The summed E-state index contributed by atoms with van der Waals surface area (Å²) in [6.45, 7) is 3.86. The van der Waals surface area contributed by atoms with Gasteiger partial charge in [0.05, 0.1) is 11.6 Å². The van der Waals surface area contributed by atoms with Crippen molar-refractivity contribution in [1.82, 2.24) is 14.8 Å². The van der Waals surface area contributed by atoms with Gasteiger partial charge in [-0.2, -0.15) is 5.10 Å². The van der Waals surface area contributed by atoms with Gasteiger partial charge in [0, 0.05) is 18.3 Å². The molecule has 1 N–H and O–H groups in total. The van der Waals surface area contributed by atoms with Crippen LogP contribution in [-0.4, -0.2) is 25.8 Å². The largest absolute Gasteiger partial charge is 0.481 e. The first-order valence-electron chi connectivity index (χ1n) is 7.81. The molecule has 5 heteroatoms. The highest BCUT2D eigenvalue weighted by Gasteiger charge is 2.23. The monoisotopic (exact) mass is 321 g/mol. The highest BCUT2D eigenvalue weighted by atomic mass is 16.4. The average molecular weight is 321 g/mol. The van der Waals surface area contributed by atoms with E-state index in [4.69, 9.17) is 0 Å². The van der Waals surface area contributed by atoms with Crippen LogP contribution in [0.3, 0.4) is 0 Å². The van der Waals surface area contributed by atoms with Crippen LogP contribution in [0.2, 0.25) is 0 Å². The smallest absolute Gasteiger partial charge is 0.311 e. The van der Waals surface area contributed by atoms with Gasteiger partial charge >= 0.3 is 5.97 Å². The lowest BCUT2D eigenvalue weighted by Crippen LogP contribution is -2.17. The summed E-state index contributed by atoms with van der Waals surface area (Å²) in [6.07, 6.45) is 2.06. The van der Waals surface area contributed by atoms with Crippen LogP contribution >= 0.6 is 0 Å². The summed E-state index contributed by atoms with van der Waals surface area (Å²) in [4.78, 5) is 16.1. The van der Waals surface area contributed by atoms with E-state index in [-0.39, 0.29) is 0 Å². The number of aliphatic carboxylic acids is 1. The third-order valence-electron chi connectivity index (χ3n) is 3.93. The van der Waals surface area contributed by atoms with Gasteiger partial charge in [-0.1, -0.05) is 35.9 Å². The fraction of sp³-hybridized carbons (Fsp3) is 0.211. The quantitative estimate of drug-likeness (QED) is 0.783. The molecule has 24 heavy (non-hydrogen) atoms. The third-order valence-corrected chi connectivity index (χ3v) is 3.93. The molecular formula is C19H19N3O2. The van der Waals surface area contributed by atoms with Gasteiger partial charge in [0.1, 0.15) is 0 Å². The summed E-state index contributed by atoms with van der Waals surface area (Å²) in [6, 6.07) is 15.1. The van der Waals surface area contributed by atoms with E-state index in [0.717, 1.165) is 22.5 Å². The topological polar surface area (TPSA) is 68.0 Å². The second-order valence-corrected chi connectivity index (χ2v) is 5.89. The van der Waals surface area contributed by atoms with Gasteiger partial charge in [0.25, 0.3) is 0 Å². The summed E-state index contributed by atoms with van der Waals surface area (Å²) in [5, 5.41) is 14.2. The molecule has 0 fully saturated rings. The predicted molar refractivity (Wildman–Crippen MR) is 91.4 cm³/mol. The number of nitrogens with zero attached hydrogens (tertiary/aromatic N) is 3. The number of pyridine rings is 1. The summed E-state index contributed by atoms with van der Waals surface area (Å²) >= 11 is 0. The molecule has 1 unspecified atom stereocenters. The van der Waals surface area contributed by atoms with Gasteiger partial charge in [-0.15, -0.1) is 0 Å². The van der Waals surface area contributed by atoms with Crippen LogP contribution in [0.4, 0.5) is 0 Å². The van der Waals surface area contributed by atoms with Crippen LogP contribution in [0, 0.1) is 13.8 Å². The van der Waals surface area contributed by atoms with E-state index < -0.39 is 11.9 Å². The molecule has 3 rings (SSSR count). The van der Waals surface area contributed by atoms with E-state index in [0.29, 0.717) is 12.2 Å². The molecule has 0 radical (unpaired) electrons. The van der Waals surface area contributed by atoms with E-state index in [1.165, 1.54) is 0 Å². The van der Waals surface area contributed by atoms with Gasteiger partial charge in [-0.3, -0.25) is 4.79 Å². The van der Waals surface area contributed by atoms with E-state index in [2.05, 4.69) is 10.1 Å². The Hall–Kier alpha value is -2.95. The molecule has 3 aromatic rings. The van der Waals surface area contributed by atoms with Crippen LogP contribution in [0.25, 0.3) is 5.82 Å². The molecule has 0 bridgehead atoms. The molecule has 0 amide bonds. The maximum atomic E-state index is 11.8.